The Morgan fingerprint density at radius 2 is 0.809 bits per heavy atom. The van der Waals surface area contributed by atoms with Gasteiger partial charge in [0.1, 0.15) is 18.0 Å². The zero-order chi connectivity index (χ0) is 102. The molecule has 0 spiro atoms. The summed E-state index contributed by atoms with van der Waals surface area (Å²) in [5, 5.41) is 27.8. The molecule has 0 aliphatic carbocycles. The van der Waals surface area contributed by atoms with Gasteiger partial charge in [0, 0.05) is 119 Å². The number of nitrogens with two attached hydrogens (primary N) is 1. The van der Waals surface area contributed by atoms with Gasteiger partial charge in [0.05, 0.1) is 196 Å². The molecule has 3 atom stereocenters. The summed E-state index contributed by atoms with van der Waals surface area (Å²) < 4.78 is 69.4. The van der Waals surface area contributed by atoms with Crippen LogP contribution in [-0.2, 0) is 133 Å². The van der Waals surface area contributed by atoms with Crippen LogP contribution in [-0.4, -0.2) is 347 Å². The van der Waals surface area contributed by atoms with E-state index in [9.17, 15) is 57.5 Å². The molecule has 0 radical (unpaired) electrons. The van der Waals surface area contributed by atoms with Crippen LogP contribution in [0, 0.1) is 45.8 Å². The number of nitrogens with one attached hydrogen (secondary N) is 4. The van der Waals surface area contributed by atoms with E-state index in [1.165, 1.54) is 41.4 Å². The van der Waals surface area contributed by atoms with Gasteiger partial charge in [-0.05, 0) is 129 Å². The number of piperidine rings is 3. The molecule has 2 aromatic heterocycles. The topological polar surface area (TPSA) is 471 Å². The van der Waals surface area contributed by atoms with E-state index >= 15 is 0 Å². The summed E-state index contributed by atoms with van der Waals surface area (Å²) in [4.78, 5) is 155. The predicted octanol–water partition coefficient (Wildman–Crippen LogP) is 8.26. The van der Waals surface area contributed by atoms with Crippen molar-refractivity contribution in [1.82, 2.24) is 75.3 Å². The lowest BCUT2D eigenvalue weighted by atomic mass is 9.75. The maximum absolute atomic E-state index is 13.7. The number of benzene rings is 1. The van der Waals surface area contributed by atoms with Crippen molar-refractivity contribution in [3.63, 3.8) is 0 Å². The maximum atomic E-state index is 13.7. The van der Waals surface area contributed by atoms with Crippen LogP contribution >= 0.6 is 0 Å². The van der Waals surface area contributed by atoms with Crippen LogP contribution in [0.3, 0.4) is 0 Å². The van der Waals surface area contributed by atoms with E-state index in [0.29, 0.717) is 256 Å². The van der Waals surface area contributed by atoms with Crippen molar-refractivity contribution in [2.24, 2.45) is 51.6 Å². The van der Waals surface area contributed by atoms with Gasteiger partial charge in [-0.3, -0.25) is 57.9 Å². The van der Waals surface area contributed by atoms with Gasteiger partial charge in [-0.1, -0.05) is 112 Å². The molecule has 41 nitrogen and oxygen atoms in total. The normalized spacial score (nSPS) is 16.3. The Bertz CT molecular complexity index is 4290. The highest BCUT2D eigenvalue weighted by Crippen LogP contribution is 2.37. The van der Waals surface area contributed by atoms with E-state index in [-0.39, 0.29) is 115 Å². The van der Waals surface area contributed by atoms with Crippen LogP contribution in [0.4, 0.5) is 20.1 Å². The number of nitrogens with zero attached hydrogens (tertiary/aromatic N) is 12. The third-order valence-corrected chi connectivity index (χ3v) is 25.3. The number of amides is 13. The fraction of sp³-hybridized carbons (Fsp3) is 0.720. The molecule has 0 bridgehead atoms. The zero-order valence-corrected chi connectivity index (χ0v) is 85.6. The number of carbonyl (C=O) groups excluding carboxylic acids is 12. The van der Waals surface area contributed by atoms with Crippen LogP contribution in [0.5, 0.6) is 0 Å². The molecule has 3 fully saturated rings. The van der Waals surface area contributed by atoms with E-state index in [2.05, 4.69) is 104 Å². The van der Waals surface area contributed by atoms with Crippen LogP contribution in [0.1, 0.15) is 190 Å². The Balaban J connectivity index is 0.000000291. The first-order valence-electron chi connectivity index (χ1n) is 50.2. The van der Waals surface area contributed by atoms with Crippen LogP contribution in [0.25, 0.3) is 0 Å². The first kappa shape index (κ1) is 118. The SMILES string of the molecule is CC(C)(C)C1CCN(C(=O)CCOCCOCCOCCOCCn2cc(CN3C(=O)C=CC3=O)nn2)CC1.CC(C)(C)C1CCN(C(=O)NCCOCCOCCOCCOCCOCCOCCOCCn2cc(CN3C(=O)C=CC3=O)nn2)CC1.CC(CCCCCN1C(=O)C=CC1=O)N[C@H](C(=O)C[C@@H](CCCNC(N)=O)C(=O)Nc1ccc(COC(=O)N2CCC(C(C)(C)C)CC2)cc1)C(C)C. The van der Waals surface area contributed by atoms with E-state index in [4.69, 9.17) is 62.6 Å². The fourth-order valence-corrected chi connectivity index (χ4v) is 16.6. The minimum atomic E-state index is -0.647. The number of rotatable bonds is 63. The van der Waals surface area contributed by atoms with Crippen molar-refractivity contribution in [2.75, 3.05) is 210 Å². The molecule has 0 saturated carbocycles. The van der Waals surface area contributed by atoms with Gasteiger partial charge in [0.25, 0.3) is 35.4 Å². The second-order valence-electron chi connectivity index (χ2n) is 39.5. The largest absolute Gasteiger partial charge is 0.445 e. The van der Waals surface area contributed by atoms with Crippen molar-refractivity contribution < 1.29 is 114 Å². The van der Waals surface area contributed by atoms with Crippen molar-refractivity contribution in [3.8, 4) is 0 Å². The van der Waals surface area contributed by atoms with Gasteiger partial charge in [0.2, 0.25) is 11.8 Å². The molecular weight excluding hydrogens is 1820 g/mol. The number of imide groups is 3. The number of aromatic nitrogens is 6. The highest BCUT2D eigenvalue weighted by Gasteiger charge is 2.36. The summed E-state index contributed by atoms with van der Waals surface area (Å²) in [5.74, 6) is -0.827. The third-order valence-electron chi connectivity index (χ3n) is 25.3. The molecule has 41 heteroatoms. The second-order valence-corrected chi connectivity index (χ2v) is 39.5. The zero-order valence-electron chi connectivity index (χ0n) is 85.6. The lowest BCUT2D eigenvalue weighted by molar-refractivity contribution is -0.139. The maximum Gasteiger partial charge on any atom is 0.410 e. The molecule has 13 amide bonds. The number of ether oxygens (including phenoxy) is 12. The van der Waals surface area contributed by atoms with E-state index in [0.717, 1.165) is 99.3 Å². The third kappa shape index (κ3) is 47.0. The molecule has 3 aromatic rings. The molecule has 1 aromatic carbocycles. The van der Waals surface area contributed by atoms with Gasteiger partial charge in [0.15, 0.2) is 5.78 Å². The molecular formula is C100H161N17O24. The molecule has 6 aliphatic rings. The van der Waals surface area contributed by atoms with Crippen LogP contribution in [0.15, 0.2) is 73.1 Å². The second kappa shape index (κ2) is 64.7. The minimum absolute atomic E-state index is 0.00608. The van der Waals surface area contributed by atoms with Crippen molar-refractivity contribution in [2.45, 2.75) is 218 Å². The Labute approximate surface area is 831 Å². The molecule has 141 heavy (non-hydrogen) atoms. The number of primary amides is 1. The molecule has 6 aliphatic heterocycles. The average Bonchev–Trinajstić information content (AvgIpc) is 1.83. The lowest BCUT2D eigenvalue weighted by Crippen LogP contribution is -2.46. The number of likely N-dealkylation sites (tertiary alicyclic amines) is 3. The van der Waals surface area contributed by atoms with E-state index in [1.807, 2.05) is 30.6 Å². The number of anilines is 1. The number of hydrogen-bond acceptors (Lipinski definition) is 29. The molecule has 3 saturated heterocycles. The summed E-state index contributed by atoms with van der Waals surface area (Å²) in [6.45, 7) is 43.6. The standard InChI is InChI=1S/C40H62N6O7.C33H56N6O10.C27H43N5O7/c1-27(2)36(43-28(3)11-8-7-9-22-46-34(48)17-18-35(46)49)33(47)25-30(12-10-21-42-38(41)51)37(50)44-32-15-13-29(14-16-32)26-53-39(52)45-23-19-31(20-24-45)40(4,5)6;1-33(2,3)28-6-9-37(10-7-28)32(42)34-8-12-43-14-16-45-18-20-47-22-24-49-25-23-48-21-19-46-17-15-44-13-11-38-26-29(35-36-38)27-39-30(40)4-5-31(39)41;1-27(2,3)22-6-9-30(10-7-22)24(33)8-12-36-14-16-38-18-19-39-17-15-37-13-11-31-20-23(28-29-31)21-32-25(34)4-5-26(32)35/h13-18,27-28,30-31,36,43H,7-12,19-26H2,1-6H3,(H,44,50)(H3,41,42,51);4-5,26,28H,6-25,27H2,1-3H3,(H,34,42);4-5,20,22H,6-19,21H2,1-3H3/t28?,30-,36+;;/m1../s1. The average molecular weight is 1990 g/mol. The summed E-state index contributed by atoms with van der Waals surface area (Å²) >= 11 is 0. The number of ketones is 1. The number of hydrogen-bond donors (Lipinski definition) is 5. The summed E-state index contributed by atoms with van der Waals surface area (Å²) in [7, 11) is 0. The first-order chi connectivity index (χ1) is 67.5. The van der Waals surface area contributed by atoms with Crippen molar-refractivity contribution in [3.05, 3.63) is 90.1 Å². The van der Waals surface area contributed by atoms with Gasteiger partial charge >= 0.3 is 18.2 Å². The predicted molar refractivity (Wildman–Crippen MR) is 523 cm³/mol. The van der Waals surface area contributed by atoms with Gasteiger partial charge in [-0.15, -0.1) is 10.2 Å². The highest BCUT2D eigenvalue weighted by atomic mass is 16.6. The highest BCUT2D eigenvalue weighted by molar-refractivity contribution is 6.14. The van der Waals surface area contributed by atoms with Gasteiger partial charge in [-0.2, -0.15) is 0 Å². The van der Waals surface area contributed by atoms with Crippen LogP contribution in [0.2, 0.25) is 0 Å². The monoisotopic (exact) mass is 1980 g/mol. The minimum Gasteiger partial charge on any atom is -0.445 e. The summed E-state index contributed by atoms with van der Waals surface area (Å²) in [5.41, 5.74) is 8.47. The number of urea groups is 2. The Morgan fingerprint density at radius 1 is 0.426 bits per heavy atom. The Morgan fingerprint density at radius 3 is 1.21 bits per heavy atom. The number of carbonyl (C=O) groups is 12. The van der Waals surface area contributed by atoms with Gasteiger partial charge in [-0.25, -0.2) is 23.7 Å². The molecule has 1 unspecified atom stereocenters. The lowest BCUT2D eigenvalue weighted by Gasteiger charge is -2.38. The number of unbranched alkanes of at least 4 members (excludes halogenated alkanes) is 2. The fourth-order valence-electron chi connectivity index (χ4n) is 16.6. The van der Waals surface area contributed by atoms with Gasteiger partial charge < -0.3 is 98.5 Å². The van der Waals surface area contributed by atoms with E-state index in [1.54, 1.807) is 50.9 Å². The quantitative estimate of drug-likeness (QED) is 0.0262. The molecule has 6 N–H and O–H groups in total. The summed E-state index contributed by atoms with van der Waals surface area (Å²) in [6.07, 6.45) is 21.3. The smallest absolute Gasteiger partial charge is 0.410 e. The molecule has 9 rings (SSSR count). The number of Topliss-reactive ketones (excluding diaryl/α,β-unsaturated/α-hetero) is 1. The Hall–Kier alpha value is -9.92. The van der Waals surface area contributed by atoms with E-state index < -0.39 is 18.0 Å². The Kier molecular flexibility index (Phi) is 54.1. The molecule has 790 valence electrons. The van der Waals surface area contributed by atoms with Crippen molar-refractivity contribution >= 4 is 76.9 Å². The molecule has 8 heterocycles. The van der Waals surface area contributed by atoms with Crippen molar-refractivity contribution in [1.29, 1.82) is 0 Å². The van der Waals surface area contributed by atoms with Crippen LogP contribution < -0.4 is 27.0 Å². The summed E-state index contributed by atoms with van der Waals surface area (Å²) in [6, 6.07) is 6.03. The first-order valence-corrected chi connectivity index (χ1v) is 50.2.